The second-order valence-corrected chi connectivity index (χ2v) is 7.79. The zero-order valence-electron chi connectivity index (χ0n) is 12.0. The fourth-order valence-electron chi connectivity index (χ4n) is 2.12. The smallest absolute Gasteiger partial charge is 0.241 e. The zero-order chi connectivity index (χ0) is 15.5. The van der Waals surface area contributed by atoms with E-state index in [1.54, 1.807) is 18.2 Å². The number of aliphatic hydroxyl groups excluding tert-OH is 1. The molecule has 0 saturated carbocycles. The van der Waals surface area contributed by atoms with Gasteiger partial charge in [0, 0.05) is 4.88 Å². The lowest BCUT2D eigenvalue weighted by Gasteiger charge is -2.22. The van der Waals surface area contributed by atoms with Crippen molar-refractivity contribution >= 4 is 21.4 Å². The Morgan fingerprint density at radius 2 is 1.90 bits per heavy atom. The first kappa shape index (κ1) is 16.2. The van der Waals surface area contributed by atoms with Gasteiger partial charge in [-0.05, 0) is 29.0 Å². The van der Waals surface area contributed by atoms with E-state index in [-0.39, 0.29) is 23.5 Å². The fourth-order valence-corrected chi connectivity index (χ4v) is 4.74. The molecule has 0 aliphatic carbocycles. The first-order valence-electron chi connectivity index (χ1n) is 6.70. The van der Waals surface area contributed by atoms with Crippen LogP contribution in [0.15, 0.2) is 46.7 Å². The molecule has 2 aromatic rings. The van der Waals surface area contributed by atoms with Crippen LogP contribution in [0.4, 0.5) is 0 Å². The average Bonchev–Trinajstić information content (AvgIpc) is 2.98. The minimum atomic E-state index is -3.68. The van der Waals surface area contributed by atoms with E-state index in [9.17, 15) is 13.5 Å². The molecule has 0 aliphatic rings. The highest BCUT2D eigenvalue weighted by Crippen LogP contribution is 2.28. The van der Waals surface area contributed by atoms with E-state index in [2.05, 4.69) is 4.72 Å². The van der Waals surface area contributed by atoms with Gasteiger partial charge < -0.3 is 5.11 Å². The molecule has 114 valence electrons. The van der Waals surface area contributed by atoms with E-state index >= 15 is 0 Å². The summed E-state index contributed by atoms with van der Waals surface area (Å²) in [6.07, 6.45) is 0. The highest BCUT2D eigenvalue weighted by atomic mass is 32.2. The Morgan fingerprint density at radius 3 is 2.48 bits per heavy atom. The summed E-state index contributed by atoms with van der Waals surface area (Å²) < 4.78 is 28.0. The number of benzene rings is 1. The monoisotopic (exact) mass is 325 g/mol. The number of thiophene rings is 1. The van der Waals surface area contributed by atoms with Crippen molar-refractivity contribution in [1.29, 1.82) is 0 Å². The molecule has 1 heterocycles. The maximum atomic E-state index is 12.6. The normalized spacial score (nSPS) is 13.5. The van der Waals surface area contributed by atoms with Crippen molar-refractivity contribution < 1.29 is 13.5 Å². The van der Waals surface area contributed by atoms with Crippen molar-refractivity contribution in [2.45, 2.75) is 31.4 Å². The van der Waals surface area contributed by atoms with Gasteiger partial charge in [0.25, 0.3) is 0 Å². The molecule has 4 nitrogen and oxygen atoms in total. The zero-order valence-corrected chi connectivity index (χ0v) is 13.6. The molecular formula is C15H19NO3S2. The molecule has 1 aromatic carbocycles. The number of aliphatic hydroxyl groups is 1. The van der Waals surface area contributed by atoms with Gasteiger partial charge in [0.2, 0.25) is 10.0 Å². The summed E-state index contributed by atoms with van der Waals surface area (Å²) in [7, 11) is -3.68. The highest BCUT2D eigenvalue weighted by Gasteiger charge is 2.26. The minimum absolute atomic E-state index is 0.125. The van der Waals surface area contributed by atoms with Crippen molar-refractivity contribution in [3.63, 3.8) is 0 Å². The van der Waals surface area contributed by atoms with Gasteiger partial charge in [-0.25, -0.2) is 13.1 Å². The lowest BCUT2D eigenvalue weighted by molar-refractivity contribution is 0.278. The van der Waals surface area contributed by atoms with E-state index < -0.39 is 10.0 Å². The molecule has 6 heteroatoms. The van der Waals surface area contributed by atoms with Crippen LogP contribution in [0.25, 0.3) is 0 Å². The minimum Gasteiger partial charge on any atom is -0.392 e. The van der Waals surface area contributed by atoms with Crippen LogP contribution in [0, 0.1) is 5.92 Å². The second kappa shape index (κ2) is 6.70. The van der Waals surface area contributed by atoms with Crippen molar-refractivity contribution in [1.82, 2.24) is 4.72 Å². The molecule has 0 spiro atoms. The van der Waals surface area contributed by atoms with Gasteiger partial charge in [-0.2, -0.15) is 0 Å². The SMILES string of the molecule is CC(C)C(NS(=O)(=O)c1ccccc1CO)c1cccs1. The van der Waals surface area contributed by atoms with E-state index in [4.69, 9.17) is 0 Å². The summed E-state index contributed by atoms with van der Waals surface area (Å²) >= 11 is 1.53. The molecular weight excluding hydrogens is 306 g/mol. The molecule has 0 aliphatic heterocycles. The molecule has 2 N–H and O–H groups in total. The number of sulfonamides is 1. The maximum Gasteiger partial charge on any atom is 0.241 e. The predicted octanol–water partition coefficient (Wildman–Crippen LogP) is 2.92. The molecule has 0 fully saturated rings. The van der Waals surface area contributed by atoms with E-state index in [0.717, 1.165) is 4.88 Å². The van der Waals surface area contributed by atoms with Crippen LogP contribution in [-0.2, 0) is 16.6 Å². The van der Waals surface area contributed by atoms with Crippen molar-refractivity contribution in [2.24, 2.45) is 5.92 Å². The van der Waals surface area contributed by atoms with Crippen molar-refractivity contribution in [3.05, 3.63) is 52.2 Å². The van der Waals surface area contributed by atoms with Crippen LogP contribution in [0.5, 0.6) is 0 Å². The highest BCUT2D eigenvalue weighted by molar-refractivity contribution is 7.89. The van der Waals surface area contributed by atoms with Crippen LogP contribution in [0.1, 0.15) is 30.3 Å². The molecule has 0 amide bonds. The number of nitrogens with one attached hydrogen (secondary N) is 1. The summed E-state index contributed by atoms with van der Waals surface area (Å²) in [6, 6.07) is 10.1. The number of hydrogen-bond acceptors (Lipinski definition) is 4. The third kappa shape index (κ3) is 3.71. The van der Waals surface area contributed by atoms with E-state index in [0.29, 0.717) is 5.56 Å². The second-order valence-electron chi connectivity index (χ2n) is 5.12. The van der Waals surface area contributed by atoms with Crippen LogP contribution in [0.2, 0.25) is 0 Å². The standard InChI is InChI=1S/C15H19NO3S2/c1-11(2)15(13-7-5-9-20-13)16-21(18,19)14-8-4-3-6-12(14)10-17/h3-9,11,15-17H,10H2,1-2H3. The quantitative estimate of drug-likeness (QED) is 0.858. The first-order valence-corrected chi connectivity index (χ1v) is 9.06. The Labute approximate surface area is 129 Å². The summed E-state index contributed by atoms with van der Waals surface area (Å²) in [5.74, 6) is 0.125. The van der Waals surface area contributed by atoms with Gasteiger partial charge in [0.15, 0.2) is 0 Å². The molecule has 0 saturated heterocycles. The Bertz CT molecular complexity index is 679. The van der Waals surface area contributed by atoms with Gasteiger partial charge in [0.05, 0.1) is 17.5 Å². The van der Waals surface area contributed by atoms with Crippen molar-refractivity contribution in [2.75, 3.05) is 0 Å². The molecule has 21 heavy (non-hydrogen) atoms. The maximum absolute atomic E-state index is 12.6. The number of hydrogen-bond donors (Lipinski definition) is 2. The molecule has 0 radical (unpaired) electrons. The molecule has 1 atom stereocenters. The molecule has 1 unspecified atom stereocenters. The van der Waals surface area contributed by atoms with Crippen molar-refractivity contribution in [3.8, 4) is 0 Å². The Balaban J connectivity index is 2.35. The number of rotatable bonds is 6. The van der Waals surface area contributed by atoms with E-state index in [1.807, 2.05) is 31.4 Å². The Kier molecular flexibility index (Phi) is 5.16. The summed E-state index contributed by atoms with van der Waals surface area (Å²) in [4.78, 5) is 1.12. The van der Waals surface area contributed by atoms with Gasteiger partial charge in [0.1, 0.15) is 0 Å². The topological polar surface area (TPSA) is 66.4 Å². The van der Waals surface area contributed by atoms with Crippen LogP contribution < -0.4 is 4.72 Å². The van der Waals surface area contributed by atoms with Gasteiger partial charge in [-0.15, -0.1) is 11.3 Å². The van der Waals surface area contributed by atoms with Crippen LogP contribution in [-0.4, -0.2) is 13.5 Å². The Hall–Kier alpha value is -1.21. The average molecular weight is 325 g/mol. The van der Waals surface area contributed by atoms with Gasteiger partial charge in [-0.3, -0.25) is 0 Å². The van der Waals surface area contributed by atoms with Crippen LogP contribution >= 0.6 is 11.3 Å². The lowest BCUT2D eigenvalue weighted by Crippen LogP contribution is -2.31. The summed E-state index contributed by atoms with van der Waals surface area (Å²) in [6.45, 7) is 3.65. The fraction of sp³-hybridized carbons (Fsp3) is 0.333. The Morgan fingerprint density at radius 1 is 1.19 bits per heavy atom. The van der Waals surface area contributed by atoms with Crippen LogP contribution in [0.3, 0.4) is 0 Å². The van der Waals surface area contributed by atoms with Gasteiger partial charge >= 0.3 is 0 Å². The molecule has 0 bridgehead atoms. The third-order valence-electron chi connectivity index (χ3n) is 3.23. The summed E-state index contributed by atoms with van der Waals surface area (Å²) in [5, 5.41) is 11.3. The van der Waals surface area contributed by atoms with Gasteiger partial charge in [-0.1, -0.05) is 38.1 Å². The molecule has 1 aromatic heterocycles. The first-order chi connectivity index (χ1) is 9.95. The van der Waals surface area contributed by atoms with E-state index in [1.165, 1.54) is 17.4 Å². The predicted molar refractivity (Wildman–Crippen MR) is 84.6 cm³/mol. The summed E-state index contributed by atoms with van der Waals surface area (Å²) in [5.41, 5.74) is 0.402. The molecule has 2 rings (SSSR count). The third-order valence-corrected chi connectivity index (χ3v) is 5.73. The largest absolute Gasteiger partial charge is 0.392 e. The lowest BCUT2D eigenvalue weighted by atomic mass is 10.0.